The minimum absolute atomic E-state index is 0.141. The van der Waals surface area contributed by atoms with Gasteiger partial charge in [-0.2, -0.15) is 0 Å². The Labute approximate surface area is 127 Å². The number of alkyl halides is 2. The Balaban J connectivity index is 2.63. The Morgan fingerprint density at radius 1 is 1.00 bits per heavy atom. The lowest BCUT2D eigenvalue weighted by atomic mass is 10.1. The fourth-order valence-corrected chi connectivity index (χ4v) is 2.17. The molecule has 0 spiro atoms. The highest BCUT2D eigenvalue weighted by Gasteiger charge is 2.09. The van der Waals surface area contributed by atoms with Crippen molar-refractivity contribution in [1.29, 1.82) is 0 Å². The van der Waals surface area contributed by atoms with Gasteiger partial charge in [-0.1, -0.05) is 12.1 Å². The third-order valence-electron chi connectivity index (χ3n) is 2.83. The van der Waals surface area contributed by atoms with E-state index in [4.69, 9.17) is 23.2 Å². The van der Waals surface area contributed by atoms with E-state index in [1.54, 1.807) is 0 Å². The second kappa shape index (κ2) is 7.98. The molecular weight excluding hydrogens is 279 g/mol. The van der Waals surface area contributed by atoms with Crippen molar-refractivity contribution < 1.29 is 0 Å². The summed E-state index contributed by atoms with van der Waals surface area (Å²) in [6.07, 6.45) is 0. The molecule has 0 radical (unpaired) electrons. The van der Waals surface area contributed by atoms with Crippen LogP contribution in [0.15, 0.2) is 24.3 Å². The highest BCUT2D eigenvalue weighted by atomic mass is 35.5. The second-order valence-electron chi connectivity index (χ2n) is 5.64. The van der Waals surface area contributed by atoms with Gasteiger partial charge in [0.25, 0.3) is 0 Å². The normalized spacial score (nSPS) is 11.6. The van der Waals surface area contributed by atoms with Crippen molar-refractivity contribution in [2.45, 2.75) is 32.9 Å². The van der Waals surface area contributed by atoms with Crippen molar-refractivity contribution in [1.82, 2.24) is 5.32 Å². The van der Waals surface area contributed by atoms with E-state index in [0.717, 1.165) is 19.6 Å². The van der Waals surface area contributed by atoms with Crippen LogP contribution in [0.25, 0.3) is 0 Å². The molecule has 0 fully saturated rings. The molecule has 0 aliphatic rings. The third-order valence-corrected chi connectivity index (χ3v) is 3.17. The van der Waals surface area contributed by atoms with Crippen LogP contribution in [0.3, 0.4) is 0 Å². The Bertz CT molecular complexity index is 351. The molecule has 0 amide bonds. The highest BCUT2D eigenvalue weighted by molar-refractivity contribution is 6.18. The van der Waals surface area contributed by atoms with Crippen molar-refractivity contribution in [2.24, 2.45) is 0 Å². The van der Waals surface area contributed by atoms with Gasteiger partial charge in [0.1, 0.15) is 0 Å². The number of hydrogen-bond acceptors (Lipinski definition) is 2. The fourth-order valence-electron chi connectivity index (χ4n) is 1.77. The smallest absolute Gasteiger partial charge is 0.0399 e. The summed E-state index contributed by atoms with van der Waals surface area (Å²) in [4.78, 5) is 2.21. The Morgan fingerprint density at radius 2 is 1.53 bits per heavy atom. The quantitative estimate of drug-likeness (QED) is 0.770. The number of rotatable bonds is 7. The second-order valence-corrected chi connectivity index (χ2v) is 6.39. The molecule has 1 rings (SSSR count). The Kier molecular flexibility index (Phi) is 6.98. The lowest BCUT2D eigenvalue weighted by Crippen LogP contribution is -2.35. The number of benzene rings is 1. The van der Waals surface area contributed by atoms with Crippen LogP contribution in [0.5, 0.6) is 0 Å². The summed E-state index contributed by atoms with van der Waals surface area (Å²) >= 11 is 11.6. The number of hydrogen-bond donors (Lipinski definition) is 1. The number of nitrogens with zero attached hydrogens (tertiary/aromatic N) is 1. The van der Waals surface area contributed by atoms with Gasteiger partial charge in [0, 0.05) is 42.6 Å². The number of nitrogens with one attached hydrogen (secondary N) is 1. The van der Waals surface area contributed by atoms with E-state index in [2.05, 4.69) is 55.3 Å². The predicted octanol–water partition coefficient (Wildman–Crippen LogP) is 3.86. The van der Waals surface area contributed by atoms with Crippen molar-refractivity contribution in [2.75, 3.05) is 29.7 Å². The van der Waals surface area contributed by atoms with E-state index in [1.807, 2.05) is 0 Å². The largest absolute Gasteiger partial charge is 0.369 e. The zero-order valence-corrected chi connectivity index (χ0v) is 13.6. The molecule has 19 heavy (non-hydrogen) atoms. The molecule has 0 aliphatic heterocycles. The molecule has 0 heterocycles. The maximum absolute atomic E-state index is 5.82. The minimum atomic E-state index is 0.141. The zero-order chi connectivity index (χ0) is 14.3. The summed E-state index contributed by atoms with van der Waals surface area (Å²) in [7, 11) is 0. The molecule has 2 nitrogen and oxygen atoms in total. The standard InChI is InChI=1S/C15H24Cl2N2/c1-15(2,3)18-12-13-4-6-14(7-5-13)19(10-8-16)11-9-17/h4-7,18H,8-12H2,1-3H3. The van der Waals surface area contributed by atoms with Crippen molar-refractivity contribution >= 4 is 28.9 Å². The first-order valence-corrected chi connectivity index (χ1v) is 7.74. The van der Waals surface area contributed by atoms with E-state index in [9.17, 15) is 0 Å². The molecule has 0 saturated heterocycles. The van der Waals surface area contributed by atoms with Gasteiger partial charge < -0.3 is 10.2 Å². The van der Waals surface area contributed by atoms with Gasteiger partial charge in [-0.25, -0.2) is 0 Å². The molecule has 0 unspecified atom stereocenters. The van der Waals surface area contributed by atoms with E-state index < -0.39 is 0 Å². The van der Waals surface area contributed by atoms with Crippen LogP contribution in [-0.4, -0.2) is 30.4 Å². The molecule has 4 heteroatoms. The maximum Gasteiger partial charge on any atom is 0.0399 e. The van der Waals surface area contributed by atoms with Crippen molar-refractivity contribution in [3.8, 4) is 0 Å². The van der Waals surface area contributed by atoms with Gasteiger partial charge in [-0.05, 0) is 38.5 Å². The maximum atomic E-state index is 5.82. The lowest BCUT2D eigenvalue weighted by Gasteiger charge is -2.24. The van der Waals surface area contributed by atoms with E-state index in [1.165, 1.54) is 11.3 Å². The molecule has 1 aromatic rings. The minimum Gasteiger partial charge on any atom is -0.369 e. The van der Waals surface area contributed by atoms with Crippen LogP contribution in [0.1, 0.15) is 26.3 Å². The molecule has 1 N–H and O–H groups in total. The summed E-state index contributed by atoms with van der Waals surface area (Å²) < 4.78 is 0. The van der Waals surface area contributed by atoms with Crippen molar-refractivity contribution in [3.63, 3.8) is 0 Å². The molecule has 0 bridgehead atoms. The van der Waals surface area contributed by atoms with Gasteiger partial charge >= 0.3 is 0 Å². The van der Waals surface area contributed by atoms with E-state index in [0.29, 0.717) is 11.8 Å². The number of anilines is 1. The van der Waals surface area contributed by atoms with Gasteiger partial charge in [0.05, 0.1) is 0 Å². The molecule has 1 aromatic carbocycles. The van der Waals surface area contributed by atoms with Crippen LogP contribution < -0.4 is 10.2 Å². The van der Waals surface area contributed by atoms with Gasteiger partial charge in [0.2, 0.25) is 0 Å². The summed E-state index contributed by atoms with van der Waals surface area (Å²) in [5.41, 5.74) is 2.61. The third kappa shape index (κ3) is 6.51. The lowest BCUT2D eigenvalue weighted by molar-refractivity contribution is 0.424. The Morgan fingerprint density at radius 3 is 1.95 bits per heavy atom. The summed E-state index contributed by atoms with van der Waals surface area (Å²) in [5.74, 6) is 1.23. The molecule has 0 aliphatic carbocycles. The van der Waals surface area contributed by atoms with Crippen LogP contribution in [0.4, 0.5) is 5.69 Å². The van der Waals surface area contributed by atoms with Crippen LogP contribution >= 0.6 is 23.2 Å². The van der Waals surface area contributed by atoms with Gasteiger partial charge in [-0.15, -0.1) is 23.2 Å². The van der Waals surface area contributed by atoms with Crippen LogP contribution in [0.2, 0.25) is 0 Å². The predicted molar refractivity (Wildman–Crippen MR) is 86.7 cm³/mol. The van der Waals surface area contributed by atoms with Gasteiger partial charge in [-0.3, -0.25) is 0 Å². The molecular formula is C15H24Cl2N2. The first-order valence-electron chi connectivity index (χ1n) is 6.67. The summed E-state index contributed by atoms with van der Waals surface area (Å²) in [6.45, 7) is 9.05. The summed E-state index contributed by atoms with van der Waals surface area (Å²) in [6, 6.07) is 8.59. The molecule has 0 atom stereocenters. The molecule has 0 saturated carbocycles. The van der Waals surface area contributed by atoms with Crippen LogP contribution in [-0.2, 0) is 6.54 Å². The Hall–Kier alpha value is -0.440. The first kappa shape index (κ1) is 16.6. The van der Waals surface area contributed by atoms with E-state index >= 15 is 0 Å². The van der Waals surface area contributed by atoms with E-state index in [-0.39, 0.29) is 5.54 Å². The zero-order valence-electron chi connectivity index (χ0n) is 12.0. The monoisotopic (exact) mass is 302 g/mol. The molecule has 0 aromatic heterocycles. The SMILES string of the molecule is CC(C)(C)NCc1ccc(N(CCCl)CCCl)cc1. The van der Waals surface area contributed by atoms with Crippen molar-refractivity contribution in [3.05, 3.63) is 29.8 Å². The first-order chi connectivity index (χ1) is 8.96. The highest BCUT2D eigenvalue weighted by Crippen LogP contribution is 2.16. The molecule has 108 valence electrons. The average molecular weight is 303 g/mol. The average Bonchev–Trinajstić information content (AvgIpc) is 2.36. The fraction of sp³-hybridized carbons (Fsp3) is 0.600. The number of halogens is 2. The van der Waals surface area contributed by atoms with Crippen LogP contribution in [0, 0.1) is 0 Å². The topological polar surface area (TPSA) is 15.3 Å². The van der Waals surface area contributed by atoms with Gasteiger partial charge in [0.15, 0.2) is 0 Å². The summed E-state index contributed by atoms with van der Waals surface area (Å²) in [5, 5.41) is 3.48.